The zero-order chi connectivity index (χ0) is 7.84. The van der Waals surface area contributed by atoms with Gasteiger partial charge in [-0.1, -0.05) is 0 Å². The predicted octanol–water partition coefficient (Wildman–Crippen LogP) is 0.454. The number of hydrogen-bond acceptors (Lipinski definition) is 3. The smallest absolute Gasteiger partial charge is 0.111 e. The van der Waals surface area contributed by atoms with Gasteiger partial charge in [-0.05, 0) is 19.1 Å². The molecular weight excluding hydrogens is 140 g/mol. The summed E-state index contributed by atoms with van der Waals surface area (Å²) >= 11 is 0. The second kappa shape index (κ2) is 1.95. The van der Waals surface area contributed by atoms with E-state index >= 15 is 0 Å². The minimum absolute atomic E-state index is 0.840. The van der Waals surface area contributed by atoms with Crippen LogP contribution in [0.5, 0.6) is 0 Å². The van der Waals surface area contributed by atoms with Crippen LogP contribution < -0.4 is 5.84 Å². The SMILES string of the molecule is Cc1ccc2c(cnn2N)n1. The van der Waals surface area contributed by atoms with Crippen LogP contribution in [-0.4, -0.2) is 14.9 Å². The van der Waals surface area contributed by atoms with Gasteiger partial charge in [0.15, 0.2) is 0 Å². The Labute approximate surface area is 63.6 Å². The summed E-state index contributed by atoms with van der Waals surface area (Å²) in [6.07, 6.45) is 1.66. The van der Waals surface area contributed by atoms with Crippen LogP contribution in [0.2, 0.25) is 0 Å². The molecule has 11 heavy (non-hydrogen) atoms. The van der Waals surface area contributed by atoms with Gasteiger partial charge >= 0.3 is 0 Å². The van der Waals surface area contributed by atoms with Crippen molar-refractivity contribution in [2.75, 3.05) is 5.84 Å². The van der Waals surface area contributed by atoms with Crippen LogP contribution in [0.3, 0.4) is 0 Å². The third kappa shape index (κ3) is 0.832. The maximum atomic E-state index is 5.49. The highest BCUT2D eigenvalue weighted by molar-refractivity contribution is 5.73. The van der Waals surface area contributed by atoms with Crippen molar-refractivity contribution in [2.24, 2.45) is 0 Å². The molecule has 0 unspecified atom stereocenters. The fraction of sp³-hybridized carbons (Fsp3) is 0.143. The Morgan fingerprint density at radius 2 is 2.27 bits per heavy atom. The van der Waals surface area contributed by atoms with Gasteiger partial charge < -0.3 is 5.84 Å². The third-order valence-electron chi connectivity index (χ3n) is 1.59. The molecular formula is C7H8N4. The van der Waals surface area contributed by atoms with E-state index in [0.29, 0.717) is 0 Å². The number of hydrogen-bond donors (Lipinski definition) is 1. The Bertz CT molecular complexity index is 390. The van der Waals surface area contributed by atoms with Crippen LogP contribution >= 0.6 is 0 Å². The fourth-order valence-corrected chi connectivity index (χ4v) is 1.04. The van der Waals surface area contributed by atoms with E-state index in [0.717, 1.165) is 16.7 Å². The molecule has 0 bridgehead atoms. The largest absolute Gasteiger partial charge is 0.323 e. The summed E-state index contributed by atoms with van der Waals surface area (Å²) in [7, 11) is 0. The first kappa shape index (κ1) is 6.15. The molecule has 0 saturated heterocycles. The van der Waals surface area contributed by atoms with E-state index in [1.165, 1.54) is 4.79 Å². The van der Waals surface area contributed by atoms with Crippen LogP contribution in [0, 0.1) is 6.92 Å². The van der Waals surface area contributed by atoms with Gasteiger partial charge in [0.05, 0.1) is 6.20 Å². The molecule has 0 spiro atoms. The van der Waals surface area contributed by atoms with E-state index in [4.69, 9.17) is 5.84 Å². The summed E-state index contributed by atoms with van der Waals surface area (Å²) in [6, 6.07) is 3.82. The van der Waals surface area contributed by atoms with Gasteiger partial charge in [0.1, 0.15) is 11.0 Å². The van der Waals surface area contributed by atoms with Crippen molar-refractivity contribution in [1.82, 2.24) is 14.9 Å². The van der Waals surface area contributed by atoms with Gasteiger partial charge in [0.25, 0.3) is 0 Å². The van der Waals surface area contributed by atoms with E-state index in [9.17, 15) is 0 Å². The highest BCUT2D eigenvalue weighted by atomic mass is 15.5. The first-order valence-corrected chi connectivity index (χ1v) is 3.34. The quantitative estimate of drug-likeness (QED) is 0.552. The summed E-state index contributed by atoms with van der Waals surface area (Å²) in [5.74, 6) is 5.49. The molecule has 2 rings (SSSR count). The highest BCUT2D eigenvalue weighted by Gasteiger charge is 1.99. The fourth-order valence-electron chi connectivity index (χ4n) is 1.04. The third-order valence-corrected chi connectivity index (χ3v) is 1.59. The van der Waals surface area contributed by atoms with Gasteiger partial charge in [0, 0.05) is 5.69 Å². The van der Waals surface area contributed by atoms with Crippen molar-refractivity contribution in [3.8, 4) is 0 Å². The second-order valence-corrected chi connectivity index (χ2v) is 2.45. The Balaban J connectivity index is 2.86. The van der Waals surface area contributed by atoms with E-state index < -0.39 is 0 Å². The Morgan fingerprint density at radius 3 is 3.09 bits per heavy atom. The van der Waals surface area contributed by atoms with Crippen molar-refractivity contribution in [3.05, 3.63) is 24.0 Å². The molecule has 2 aromatic rings. The summed E-state index contributed by atoms with van der Waals surface area (Å²) in [4.78, 5) is 5.55. The molecule has 2 heterocycles. The van der Waals surface area contributed by atoms with E-state index in [1.807, 2.05) is 19.1 Å². The number of aryl methyl sites for hydroxylation is 1. The van der Waals surface area contributed by atoms with Gasteiger partial charge in [-0.15, -0.1) is 0 Å². The molecule has 56 valence electrons. The summed E-state index contributed by atoms with van der Waals surface area (Å²) in [5.41, 5.74) is 2.67. The molecule has 4 nitrogen and oxygen atoms in total. The van der Waals surface area contributed by atoms with Crippen LogP contribution in [0.4, 0.5) is 0 Å². The van der Waals surface area contributed by atoms with Crippen LogP contribution in [0.25, 0.3) is 11.0 Å². The van der Waals surface area contributed by atoms with Gasteiger partial charge in [-0.2, -0.15) is 9.89 Å². The molecule has 2 N–H and O–H groups in total. The molecule has 0 radical (unpaired) electrons. The average Bonchev–Trinajstić information content (AvgIpc) is 2.32. The van der Waals surface area contributed by atoms with Crippen molar-refractivity contribution < 1.29 is 0 Å². The van der Waals surface area contributed by atoms with Crippen LogP contribution in [0.1, 0.15) is 5.69 Å². The number of nitrogens with two attached hydrogens (primary N) is 1. The molecule has 4 heteroatoms. The molecule has 0 amide bonds. The first-order chi connectivity index (χ1) is 5.27. The summed E-state index contributed by atoms with van der Waals surface area (Å²) in [6.45, 7) is 1.94. The molecule has 0 aliphatic heterocycles. The Kier molecular flexibility index (Phi) is 1.09. The minimum atomic E-state index is 0.840. The molecule has 0 aliphatic carbocycles. The Hall–Kier alpha value is -1.58. The lowest BCUT2D eigenvalue weighted by Crippen LogP contribution is -2.08. The molecule has 0 aromatic carbocycles. The molecule has 0 atom stereocenters. The topological polar surface area (TPSA) is 56.7 Å². The molecule has 0 aliphatic rings. The van der Waals surface area contributed by atoms with Gasteiger partial charge in [0.2, 0.25) is 0 Å². The Morgan fingerprint density at radius 1 is 1.45 bits per heavy atom. The number of fused-ring (bicyclic) bond motifs is 1. The zero-order valence-corrected chi connectivity index (χ0v) is 6.15. The summed E-state index contributed by atoms with van der Waals surface area (Å²) < 4.78 is 0. The first-order valence-electron chi connectivity index (χ1n) is 3.34. The van der Waals surface area contributed by atoms with Crippen molar-refractivity contribution in [1.29, 1.82) is 0 Å². The maximum Gasteiger partial charge on any atom is 0.111 e. The lowest BCUT2D eigenvalue weighted by Gasteiger charge is -1.93. The minimum Gasteiger partial charge on any atom is -0.323 e. The normalized spacial score (nSPS) is 10.6. The predicted molar refractivity (Wildman–Crippen MR) is 42.4 cm³/mol. The highest BCUT2D eigenvalue weighted by Crippen LogP contribution is 2.08. The molecule has 2 aromatic heterocycles. The number of nitrogen functional groups attached to an aromatic ring is 1. The molecule has 0 saturated carbocycles. The second-order valence-electron chi connectivity index (χ2n) is 2.45. The van der Waals surface area contributed by atoms with Crippen LogP contribution in [0.15, 0.2) is 18.3 Å². The number of nitrogens with zero attached hydrogens (tertiary/aromatic N) is 3. The number of rotatable bonds is 0. The molecule has 0 fully saturated rings. The number of aromatic nitrogens is 3. The monoisotopic (exact) mass is 148 g/mol. The van der Waals surface area contributed by atoms with Crippen molar-refractivity contribution in [3.63, 3.8) is 0 Å². The lowest BCUT2D eigenvalue weighted by molar-refractivity contribution is 0.862. The standard InChI is InChI=1S/C7H8N4/c1-5-2-3-7-6(10-5)4-9-11(7)8/h2-4H,8H2,1H3. The van der Waals surface area contributed by atoms with Gasteiger partial charge in [-0.3, -0.25) is 0 Å². The van der Waals surface area contributed by atoms with Crippen LogP contribution in [-0.2, 0) is 0 Å². The summed E-state index contributed by atoms with van der Waals surface area (Å²) in [5, 5.41) is 3.87. The number of pyridine rings is 1. The van der Waals surface area contributed by atoms with Crippen molar-refractivity contribution in [2.45, 2.75) is 6.92 Å². The van der Waals surface area contributed by atoms with E-state index in [2.05, 4.69) is 10.1 Å². The maximum absolute atomic E-state index is 5.49. The van der Waals surface area contributed by atoms with Gasteiger partial charge in [-0.25, -0.2) is 4.98 Å². The zero-order valence-electron chi connectivity index (χ0n) is 6.15. The van der Waals surface area contributed by atoms with E-state index in [-0.39, 0.29) is 0 Å². The average molecular weight is 148 g/mol. The van der Waals surface area contributed by atoms with E-state index in [1.54, 1.807) is 6.20 Å². The van der Waals surface area contributed by atoms with Crippen molar-refractivity contribution >= 4 is 11.0 Å². The lowest BCUT2D eigenvalue weighted by atomic mass is 10.3.